The molecule has 0 aromatic carbocycles. The third-order valence-electron chi connectivity index (χ3n) is 1.33. The number of ether oxygens (including phenoxy) is 2. The molecule has 0 saturated carbocycles. The minimum Gasteiger partial charge on any atom is -0.388 e. The van der Waals surface area contributed by atoms with Gasteiger partial charge in [-0.15, -0.1) is 0 Å². The van der Waals surface area contributed by atoms with E-state index in [2.05, 4.69) is 0 Å². The highest BCUT2D eigenvalue weighted by molar-refractivity contribution is 5.76. The molecule has 0 fully saturated rings. The lowest BCUT2D eigenvalue weighted by Gasteiger charge is -2.11. The van der Waals surface area contributed by atoms with Gasteiger partial charge in [-0.1, -0.05) is 0 Å². The van der Waals surface area contributed by atoms with E-state index >= 15 is 0 Å². The van der Waals surface area contributed by atoms with E-state index in [4.69, 9.17) is 20.6 Å². The first kappa shape index (κ1) is 11.4. The monoisotopic (exact) mass is 174 g/mol. The fourth-order valence-electron chi connectivity index (χ4n) is 0.702. The molecule has 0 aliphatic carbocycles. The Kier molecular flexibility index (Phi) is 6.70. The Hall–Kier alpha value is -0.610. The van der Waals surface area contributed by atoms with E-state index in [1.165, 1.54) is 0 Å². The van der Waals surface area contributed by atoms with E-state index in [1.807, 2.05) is 13.8 Å². The van der Waals surface area contributed by atoms with Crippen molar-refractivity contribution >= 4 is 5.84 Å². The topological polar surface area (TPSA) is 68.3 Å². The molecule has 0 aliphatic rings. The Morgan fingerprint density at radius 1 is 1.58 bits per heavy atom. The molecule has 0 bridgehead atoms. The first-order chi connectivity index (χ1) is 5.66. The predicted octanol–water partition coefficient (Wildman–Crippen LogP) is 0.754. The average Bonchev–Trinajstić information content (AvgIpc) is 2.00. The summed E-state index contributed by atoms with van der Waals surface area (Å²) in [4.78, 5) is 0. The number of nitrogens with two attached hydrogens (primary N) is 1. The van der Waals surface area contributed by atoms with Gasteiger partial charge < -0.3 is 15.2 Å². The van der Waals surface area contributed by atoms with E-state index in [0.717, 1.165) is 0 Å². The van der Waals surface area contributed by atoms with Gasteiger partial charge in [0.05, 0.1) is 25.2 Å². The molecule has 0 saturated heterocycles. The van der Waals surface area contributed by atoms with Crippen LogP contribution in [-0.2, 0) is 9.47 Å². The van der Waals surface area contributed by atoms with E-state index in [1.54, 1.807) is 0 Å². The second-order valence-corrected chi connectivity index (χ2v) is 2.62. The van der Waals surface area contributed by atoms with E-state index < -0.39 is 0 Å². The molecule has 0 rings (SSSR count). The highest BCUT2D eigenvalue weighted by Gasteiger charge is 2.01. The van der Waals surface area contributed by atoms with Crippen molar-refractivity contribution in [2.24, 2.45) is 5.73 Å². The molecule has 1 unspecified atom stereocenters. The van der Waals surface area contributed by atoms with Crippen LogP contribution in [0.1, 0.15) is 20.3 Å². The molecule has 0 radical (unpaired) electrons. The number of hydrogen-bond donors (Lipinski definition) is 2. The lowest BCUT2D eigenvalue weighted by atomic mass is 10.4. The molecule has 3 N–H and O–H groups in total. The number of nitrogens with one attached hydrogen (secondary N) is 1. The summed E-state index contributed by atoms with van der Waals surface area (Å²) in [5.74, 6) is 0.165. The summed E-state index contributed by atoms with van der Waals surface area (Å²) in [6, 6.07) is 0. The van der Waals surface area contributed by atoms with Crippen LogP contribution in [-0.4, -0.2) is 31.8 Å². The molecular formula is C8H18N2O2. The number of rotatable bonds is 7. The minimum atomic E-state index is 0.0873. The van der Waals surface area contributed by atoms with Crippen molar-refractivity contribution in [2.45, 2.75) is 26.4 Å². The van der Waals surface area contributed by atoms with Gasteiger partial charge in [-0.2, -0.15) is 0 Å². The van der Waals surface area contributed by atoms with Crippen LogP contribution in [0.4, 0.5) is 0 Å². The van der Waals surface area contributed by atoms with Gasteiger partial charge in [-0.3, -0.25) is 5.41 Å². The van der Waals surface area contributed by atoms with Crippen LogP contribution in [0.2, 0.25) is 0 Å². The van der Waals surface area contributed by atoms with E-state index in [9.17, 15) is 0 Å². The van der Waals surface area contributed by atoms with Crippen molar-refractivity contribution in [1.82, 2.24) is 0 Å². The fraction of sp³-hybridized carbons (Fsp3) is 0.875. The lowest BCUT2D eigenvalue weighted by Crippen LogP contribution is -2.19. The number of amidine groups is 1. The van der Waals surface area contributed by atoms with Crippen molar-refractivity contribution in [3.05, 3.63) is 0 Å². The molecule has 0 aromatic rings. The van der Waals surface area contributed by atoms with Gasteiger partial charge in [-0.25, -0.2) is 0 Å². The maximum Gasteiger partial charge on any atom is 0.0928 e. The second kappa shape index (κ2) is 7.06. The SMILES string of the molecule is CCOCC(C)OCCC(=N)N. The molecule has 12 heavy (non-hydrogen) atoms. The van der Waals surface area contributed by atoms with Crippen LogP contribution < -0.4 is 5.73 Å². The number of hydrogen-bond acceptors (Lipinski definition) is 3. The summed E-state index contributed by atoms with van der Waals surface area (Å²) in [7, 11) is 0. The van der Waals surface area contributed by atoms with Crippen molar-refractivity contribution in [3.63, 3.8) is 0 Å². The van der Waals surface area contributed by atoms with Crippen LogP contribution in [0.5, 0.6) is 0 Å². The summed E-state index contributed by atoms with van der Waals surface area (Å²) in [6.07, 6.45) is 0.584. The maximum atomic E-state index is 6.94. The van der Waals surface area contributed by atoms with Crippen LogP contribution >= 0.6 is 0 Å². The highest BCUT2D eigenvalue weighted by Crippen LogP contribution is 1.93. The van der Waals surface area contributed by atoms with E-state index in [0.29, 0.717) is 26.2 Å². The molecule has 0 aromatic heterocycles. The van der Waals surface area contributed by atoms with Crippen LogP contribution in [0.15, 0.2) is 0 Å². The molecule has 1 atom stereocenters. The highest BCUT2D eigenvalue weighted by atomic mass is 16.5. The Bertz CT molecular complexity index is 128. The zero-order valence-corrected chi connectivity index (χ0v) is 7.80. The zero-order valence-electron chi connectivity index (χ0n) is 7.80. The summed E-state index contributed by atoms with van der Waals surface area (Å²) in [5, 5.41) is 6.94. The Morgan fingerprint density at radius 2 is 2.25 bits per heavy atom. The summed E-state index contributed by atoms with van der Waals surface area (Å²) in [5.41, 5.74) is 5.15. The predicted molar refractivity (Wildman–Crippen MR) is 48.4 cm³/mol. The molecule has 0 spiro atoms. The van der Waals surface area contributed by atoms with Crippen molar-refractivity contribution < 1.29 is 9.47 Å². The quantitative estimate of drug-likeness (QED) is 0.442. The van der Waals surface area contributed by atoms with Crippen molar-refractivity contribution in [1.29, 1.82) is 5.41 Å². The van der Waals surface area contributed by atoms with Crippen LogP contribution in [0.25, 0.3) is 0 Å². The third-order valence-corrected chi connectivity index (χ3v) is 1.33. The maximum absolute atomic E-state index is 6.94. The van der Waals surface area contributed by atoms with Gasteiger partial charge in [0, 0.05) is 13.0 Å². The largest absolute Gasteiger partial charge is 0.388 e. The minimum absolute atomic E-state index is 0.0873. The first-order valence-electron chi connectivity index (χ1n) is 4.19. The fourth-order valence-corrected chi connectivity index (χ4v) is 0.702. The van der Waals surface area contributed by atoms with Crippen molar-refractivity contribution in [3.8, 4) is 0 Å². The Labute approximate surface area is 73.5 Å². The van der Waals surface area contributed by atoms with Gasteiger partial charge in [-0.05, 0) is 13.8 Å². The summed E-state index contributed by atoms with van der Waals surface area (Å²) >= 11 is 0. The molecule has 4 nitrogen and oxygen atoms in total. The van der Waals surface area contributed by atoms with Crippen molar-refractivity contribution in [2.75, 3.05) is 19.8 Å². The lowest BCUT2D eigenvalue weighted by molar-refractivity contribution is -0.000557. The molecule has 0 aliphatic heterocycles. The molecule has 0 amide bonds. The molecule has 4 heteroatoms. The van der Waals surface area contributed by atoms with Crippen LogP contribution in [0.3, 0.4) is 0 Å². The second-order valence-electron chi connectivity index (χ2n) is 2.62. The first-order valence-corrected chi connectivity index (χ1v) is 4.19. The van der Waals surface area contributed by atoms with Gasteiger partial charge in [0.25, 0.3) is 0 Å². The standard InChI is InChI=1S/C8H18N2O2/c1-3-11-6-7(2)12-5-4-8(9)10/h7H,3-6H2,1-2H3,(H3,9,10). The normalized spacial score (nSPS) is 12.8. The average molecular weight is 174 g/mol. The van der Waals surface area contributed by atoms with Gasteiger partial charge in [0.15, 0.2) is 0 Å². The smallest absolute Gasteiger partial charge is 0.0928 e. The van der Waals surface area contributed by atoms with E-state index in [-0.39, 0.29) is 11.9 Å². The summed E-state index contributed by atoms with van der Waals surface area (Å²) < 4.78 is 10.5. The zero-order chi connectivity index (χ0) is 9.40. The van der Waals surface area contributed by atoms with Crippen LogP contribution in [0, 0.1) is 5.41 Å². The molecule has 0 heterocycles. The Balaban J connectivity index is 3.19. The van der Waals surface area contributed by atoms with Gasteiger partial charge in [0.2, 0.25) is 0 Å². The molecule has 72 valence electrons. The Morgan fingerprint density at radius 3 is 2.75 bits per heavy atom. The molecular weight excluding hydrogens is 156 g/mol. The summed E-state index contributed by atoms with van der Waals surface area (Å²) in [6.45, 7) is 5.70. The van der Waals surface area contributed by atoms with Gasteiger partial charge in [0.1, 0.15) is 0 Å². The third kappa shape index (κ3) is 7.50. The van der Waals surface area contributed by atoms with Gasteiger partial charge >= 0.3 is 0 Å².